The van der Waals surface area contributed by atoms with Gasteiger partial charge in [0.1, 0.15) is 17.9 Å². The minimum atomic E-state index is -1.33. The first-order chi connectivity index (χ1) is 19.3. The molecule has 1 saturated carbocycles. The standard InChI is InChI=1S/C31H40ClN5O3/c1-2-3-14-28-35-29(32)26(21-38)37(28)19-22-15-17-24(18-16-22)31(34,23-10-6-4-7-11-23)30(40)36(20-27(33)39)25-12-8-5-9-13-25/h5,8-9,12-13,15-18,23,38H,2-4,6-7,10-11,14,19-21,34H2,1H3,(H2,33,39). The Labute approximate surface area is 241 Å². The highest BCUT2D eigenvalue weighted by atomic mass is 35.5. The highest BCUT2D eigenvalue weighted by Gasteiger charge is 2.46. The molecule has 2 amide bonds. The van der Waals surface area contributed by atoms with E-state index in [2.05, 4.69) is 11.9 Å². The minimum absolute atomic E-state index is 0.0761. The lowest BCUT2D eigenvalue weighted by molar-refractivity contribution is -0.128. The number of hydrogen-bond donors (Lipinski definition) is 3. The first-order valence-electron chi connectivity index (χ1n) is 14.2. The third-order valence-electron chi connectivity index (χ3n) is 8.01. The number of aliphatic hydroxyl groups excluding tert-OH is 1. The summed E-state index contributed by atoms with van der Waals surface area (Å²) in [5, 5.41) is 10.3. The van der Waals surface area contributed by atoms with Crippen LogP contribution in [0.1, 0.15) is 74.5 Å². The van der Waals surface area contributed by atoms with Crippen LogP contribution in [0.4, 0.5) is 5.69 Å². The Kier molecular flexibility index (Phi) is 10.0. The molecule has 214 valence electrons. The zero-order chi connectivity index (χ0) is 28.7. The fraction of sp³-hybridized carbons (Fsp3) is 0.452. The van der Waals surface area contributed by atoms with Crippen LogP contribution < -0.4 is 16.4 Å². The number of halogens is 1. The number of hydrogen-bond acceptors (Lipinski definition) is 5. The lowest BCUT2D eigenvalue weighted by Gasteiger charge is -2.41. The second kappa shape index (κ2) is 13.4. The van der Waals surface area contributed by atoms with Crippen LogP contribution in [0, 0.1) is 5.92 Å². The minimum Gasteiger partial charge on any atom is -0.390 e. The number of rotatable bonds is 12. The number of primary amides is 1. The van der Waals surface area contributed by atoms with Gasteiger partial charge in [-0.05, 0) is 48.4 Å². The van der Waals surface area contributed by atoms with Gasteiger partial charge in [-0.2, -0.15) is 0 Å². The molecule has 2 aromatic carbocycles. The third-order valence-corrected chi connectivity index (χ3v) is 8.31. The number of nitrogens with two attached hydrogens (primary N) is 2. The molecule has 1 aliphatic rings. The fourth-order valence-electron chi connectivity index (χ4n) is 5.80. The van der Waals surface area contributed by atoms with Gasteiger partial charge in [0.2, 0.25) is 5.91 Å². The summed E-state index contributed by atoms with van der Waals surface area (Å²) in [7, 11) is 0. The van der Waals surface area contributed by atoms with E-state index in [0.29, 0.717) is 28.6 Å². The van der Waals surface area contributed by atoms with E-state index in [-0.39, 0.29) is 25.0 Å². The lowest BCUT2D eigenvalue weighted by Crippen LogP contribution is -2.59. The van der Waals surface area contributed by atoms with Gasteiger partial charge in [-0.15, -0.1) is 0 Å². The van der Waals surface area contributed by atoms with Gasteiger partial charge in [0.15, 0.2) is 5.15 Å². The van der Waals surface area contributed by atoms with E-state index in [1.807, 2.05) is 47.0 Å². The van der Waals surface area contributed by atoms with E-state index in [1.165, 1.54) is 4.90 Å². The number of benzene rings is 2. The number of carbonyl (C=O) groups excluding carboxylic acids is 2. The van der Waals surface area contributed by atoms with E-state index in [9.17, 15) is 14.7 Å². The summed E-state index contributed by atoms with van der Waals surface area (Å²) in [6.07, 6.45) is 7.55. The average Bonchev–Trinajstić information content (AvgIpc) is 3.28. The van der Waals surface area contributed by atoms with Gasteiger partial charge in [0.05, 0.1) is 12.3 Å². The molecule has 1 aromatic heterocycles. The Morgan fingerprint density at radius 2 is 1.77 bits per heavy atom. The molecule has 3 aromatic rings. The third kappa shape index (κ3) is 6.40. The number of anilines is 1. The van der Waals surface area contributed by atoms with Gasteiger partial charge in [-0.1, -0.05) is 86.7 Å². The first-order valence-corrected chi connectivity index (χ1v) is 14.6. The van der Waals surface area contributed by atoms with Crippen molar-refractivity contribution in [3.63, 3.8) is 0 Å². The molecule has 0 radical (unpaired) electrons. The van der Waals surface area contributed by atoms with Crippen molar-refractivity contribution < 1.29 is 14.7 Å². The number of para-hydroxylation sites is 1. The predicted molar refractivity (Wildman–Crippen MR) is 158 cm³/mol. The fourth-order valence-corrected chi connectivity index (χ4v) is 6.06. The number of amides is 2. The molecular formula is C31H40ClN5O3. The zero-order valence-corrected chi connectivity index (χ0v) is 23.9. The van der Waals surface area contributed by atoms with E-state index in [1.54, 1.807) is 12.1 Å². The normalized spacial score (nSPS) is 15.5. The molecule has 0 bridgehead atoms. The Hall–Kier alpha value is -3.20. The highest BCUT2D eigenvalue weighted by molar-refractivity contribution is 6.30. The summed E-state index contributed by atoms with van der Waals surface area (Å²) < 4.78 is 1.97. The van der Waals surface area contributed by atoms with Gasteiger partial charge in [-0.3, -0.25) is 9.59 Å². The average molecular weight is 566 g/mol. The van der Waals surface area contributed by atoms with Crippen molar-refractivity contribution in [2.45, 2.75) is 77.0 Å². The van der Waals surface area contributed by atoms with Crippen molar-refractivity contribution >= 4 is 29.1 Å². The maximum atomic E-state index is 14.3. The van der Waals surface area contributed by atoms with Gasteiger partial charge in [0.25, 0.3) is 5.91 Å². The van der Waals surface area contributed by atoms with Crippen molar-refractivity contribution in [2.75, 3.05) is 11.4 Å². The van der Waals surface area contributed by atoms with Crippen molar-refractivity contribution in [1.29, 1.82) is 0 Å². The van der Waals surface area contributed by atoms with Crippen LogP contribution in [0.5, 0.6) is 0 Å². The maximum absolute atomic E-state index is 14.3. The quantitative estimate of drug-likeness (QED) is 0.294. The maximum Gasteiger partial charge on any atom is 0.252 e. The number of aliphatic hydroxyl groups is 1. The van der Waals surface area contributed by atoms with E-state index in [4.69, 9.17) is 23.1 Å². The highest BCUT2D eigenvalue weighted by Crippen LogP contribution is 2.40. The molecule has 4 rings (SSSR count). The van der Waals surface area contributed by atoms with Crippen molar-refractivity contribution in [3.8, 4) is 0 Å². The van der Waals surface area contributed by atoms with Crippen molar-refractivity contribution in [2.24, 2.45) is 17.4 Å². The predicted octanol–water partition coefficient (Wildman–Crippen LogP) is 4.67. The molecule has 1 atom stereocenters. The molecule has 1 aliphatic carbocycles. The Morgan fingerprint density at radius 1 is 1.10 bits per heavy atom. The Bertz CT molecular complexity index is 1290. The monoisotopic (exact) mass is 565 g/mol. The summed E-state index contributed by atoms with van der Waals surface area (Å²) in [5.41, 5.74) is 14.3. The second-order valence-electron chi connectivity index (χ2n) is 10.7. The van der Waals surface area contributed by atoms with Crippen molar-refractivity contribution in [1.82, 2.24) is 9.55 Å². The molecular weight excluding hydrogens is 526 g/mol. The molecule has 1 unspecified atom stereocenters. The summed E-state index contributed by atoms with van der Waals surface area (Å²) in [6.45, 7) is 2.16. The van der Waals surface area contributed by atoms with Crippen LogP contribution in [0.15, 0.2) is 54.6 Å². The topological polar surface area (TPSA) is 127 Å². The van der Waals surface area contributed by atoms with E-state index in [0.717, 1.165) is 62.8 Å². The van der Waals surface area contributed by atoms with Gasteiger partial charge in [-0.25, -0.2) is 4.98 Å². The largest absolute Gasteiger partial charge is 0.390 e. The smallest absolute Gasteiger partial charge is 0.252 e. The molecule has 0 spiro atoms. The molecule has 0 aliphatic heterocycles. The zero-order valence-electron chi connectivity index (χ0n) is 23.2. The molecule has 1 fully saturated rings. The van der Waals surface area contributed by atoms with Crippen LogP contribution in [0.2, 0.25) is 5.15 Å². The number of imidazole rings is 1. The van der Waals surface area contributed by atoms with E-state index < -0.39 is 11.4 Å². The number of unbranched alkanes of at least 4 members (excludes halogenated alkanes) is 1. The molecule has 8 nitrogen and oxygen atoms in total. The summed E-state index contributed by atoms with van der Waals surface area (Å²) >= 11 is 6.33. The molecule has 40 heavy (non-hydrogen) atoms. The summed E-state index contributed by atoms with van der Waals surface area (Å²) in [4.78, 5) is 32.3. The van der Waals surface area contributed by atoms with Crippen LogP contribution in [0.3, 0.4) is 0 Å². The van der Waals surface area contributed by atoms with E-state index >= 15 is 0 Å². The Morgan fingerprint density at radius 3 is 2.38 bits per heavy atom. The number of carbonyl (C=O) groups is 2. The van der Waals surface area contributed by atoms with Crippen LogP contribution >= 0.6 is 11.6 Å². The first kappa shape index (κ1) is 29.8. The number of nitrogens with zero attached hydrogens (tertiary/aromatic N) is 3. The van der Waals surface area contributed by atoms with Gasteiger partial charge < -0.3 is 26.0 Å². The van der Waals surface area contributed by atoms with Crippen LogP contribution in [-0.4, -0.2) is 33.0 Å². The number of aryl methyl sites for hydroxylation is 1. The number of aromatic nitrogens is 2. The van der Waals surface area contributed by atoms with Gasteiger partial charge in [0, 0.05) is 18.7 Å². The molecule has 1 heterocycles. The van der Waals surface area contributed by atoms with Crippen LogP contribution in [0.25, 0.3) is 0 Å². The SMILES string of the molecule is CCCCc1nc(Cl)c(CO)n1Cc1ccc(C(N)(C(=O)N(CC(N)=O)c2ccccc2)C2CCCCC2)cc1. The molecule has 9 heteroatoms. The van der Waals surface area contributed by atoms with Gasteiger partial charge >= 0.3 is 0 Å². The van der Waals surface area contributed by atoms with Crippen LogP contribution in [-0.2, 0) is 34.7 Å². The molecule has 5 N–H and O–H groups in total. The van der Waals surface area contributed by atoms with Crippen molar-refractivity contribution in [3.05, 3.63) is 82.4 Å². The summed E-state index contributed by atoms with van der Waals surface area (Å²) in [6, 6.07) is 16.8. The summed E-state index contributed by atoms with van der Waals surface area (Å²) in [5.74, 6) is -0.165. The second-order valence-corrected chi connectivity index (χ2v) is 11.1. The lowest BCUT2D eigenvalue weighted by atomic mass is 9.70. The Balaban J connectivity index is 1.70. The molecule has 0 saturated heterocycles.